The molecule has 0 saturated heterocycles. The smallest absolute Gasteiger partial charge is 0.142 e. The van der Waals surface area contributed by atoms with E-state index in [1.165, 1.54) is 5.56 Å². The Hall–Kier alpha value is -2.27. The van der Waals surface area contributed by atoms with E-state index in [4.69, 9.17) is 10.6 Å². The summed E-state index contributed by atoms with van der Waals surface area (Å²) in [5.74, 6) is 7.65. The molecule has 0 radical (unpaired) electrons. The largest absolute Gasteiger partial charge is 0.497 e. The summed E-state index contributed by atoms with van der Waals surface area (Å²) in [6, 6.07) is 13.7. The fourth-order valence-electron chi connectivity index (χ4n) is 1.74. The summed E-state index contributed by atoms with van der Waals surface area (Å²) >= 11 is 0. The predicted molar refractivity (Wildman–Crippen MR) is 77.2 cm³/mol. The molecule has 0 saturated carbocycles. The molecule has 2 aromatic rings. The van der Waals surface area contributed by atoms with Crippen molar-refractivity contribution in [1.82, 2.24) is 4.98 Å². The highest BCUT2D eigenvalue weighted by Crippen LogP contribution is 2.12. The van der Waals surface area contributed by atoms with Crippen LogP contribution in [0.25, 0.3) is 0 Å². The van der Waals surface area contributed by atoms with E-state index in [1.807, 2.05) is 30.3 Å². The number of methoxy groups -OCH3 is 1. The number of hydrogen-bond acceptors (Lipinski definition) is 5. The molecule has 0 spiro atoms. The van der Waals surface area contributed by atoms with Gasteiger partial charge in [0.1, 0.15) is 17.4 Å². The summed E-state index contributed by atoms with van der Waals surface area (Å²) in [5.41, 5.74) is 3.77. The third-order valence-corrected chi connectivity index (χ3v) is 2.78. The lowest BCUT2D eigenvalue weighted by molar-refractivity contribution is 0.414. The van der Waals surface area contributed by atoms with Crippen LogP contribution in [0.1, 0.15) is 5.56 Å². The predicted octanol–water partition coefficient (Wildman–Crippen LogP) is 2.03. The maximum absolute atomic E-state index is 5.31. The molecule has 0 bridgehead atoms. The minimum Gasteiger partial charge on any atom is -0.497 e. The standard InChI is InChI=1S/C14H18N4O/c1-19-12-7-5-11(6-8-12)9-10-16-13-3-2-4-14(17-13)18-15/h2-8H,9-10,15H2,1H3,(H2,16,17,18). The lowest BCUT2D eigenvalue weighted by Crippen LogP contribution is -2.11. The van der Waals surface area contributed by atoms with Crippen molar-refractivity contribution in [3.05, 3.63) is 48.0 Å². The van der Waals surface area contributed by atoms with Crippen LogP contribution in [0, 0.1) is 0 Å². The molecule has 0 aliphatic rings. The number of benzene rings is 1. The average molecular weight is 258 g/mol. The van der Waals surface area contributed by atoms with Crippen LogP contribution < -0.4 is 21.3 Å². The molecule has 5 nitrogen and oxygen atoms in total. The van der Waals surface area contributed by atoms with Crippen LogP contribution in [-0.2, 0) is 6.42 Å². The Bertz CT molecular complexity index is 513. The molecule has 0 unspecified atom stereocenters. The van der Waals surface area contributed by atoms with E-state index in [2.05, 4.69) is 27.9 Å². The average Bonchev–Trinajstić information content (AvgIpc) is 2.48. The van der Waals surface area contributed by atoms with Crippen LogP contribution in [0.2, 0.25) is 0 Å². The fourth-order valence-corrected chi connectivity index (χ4v) is 1.74. The Morgan fingerprint density at radius 1 is 1.11 bits per heavy atom. The van der Waals surface area contributed by atoms with Gasteiger partial charge in [0, 0.05) is 6.54 Å². The van der Waals surface area contributed by atoms with E-state index < -0.39 is 0 Å². The Labute approximate surface area is 112 Å². The molecule has 0 aliphatic carbocycles. The number of ether oxygens (including phenoxy) is 1. The highest BCUT2D eigenvalue weighted by molar-refractivity contribution is 5.44. The Balaban J connectivity index is 1.85. The second-order valence-corrected chi connectivity index (χ2v) is 4.08. The van der Waals surface area contributed by atoms with Crippen LogP contribution in [-0.4, -0.2) is 18.6 Å². The van der Waals surface area contributed by atoms with Crippen LogP contribution in [0.15, 0.2) is 42.5 Å². The van der Waals surface area contributed by atoms with Gasteiger partial charge in [-0.2, -0.15) is 0 Å². The fraction of sp³-hybridized carbons (Fsp3) is 0.214. The third-order valence-electron chi connectivity index (χ3n) is 2.78. The van der Waals surface area contributed by atoms with E-state index in [-0.39, 0.29) is 0 Å². The number of nitrogens with zero attached hydrogens (tertiary/aromatic N) is 1. The van der Waals surface area contributed by atoms with Gasteiger partial charge in [-0.3, -0.25) is 0 Å². The number of rotatable bonds is 6. The van der Waals surface area contributed by atoms with Gasteiger partial charge in [-0.05, 0) is 36.2 Å². The molecule has 19 heavy (non-hydrogen) atoms. The Kier molecular flexibility index (Phi) is 4.58. The van der Waals surface area contributed by atoms with E-state index in [0.717, 1.165) is 24.5 Å². The van der Waals surface area contributed by atoms with Crippen LogP contribution in [0.3, 0.4) is 0 Å². The first kappa shape index (κ1) is 13.2. The van der Waals surface area contributed by atoms with Gasteiger partial charge >= 0.3 is 0 Å². The van der Waals surface area contributed by atoms with Gasteiger partial charge in [0.25, 0.3) is 0 Å². The zero-order valence-electron chi connectivity index (χ0n) is 10.9. The van der Waals surface area contributed by atoms with E-state index in [1.54, 1.807) is 7.11 Å². The van der Waals surface area contributed by atoms with E-state index in [9.17, 15) is 0 Å². The first-order chi connectivity index (χ1) is 9.31. The van der Waals surface area contributed by atoms with Crippen LogP contribution in [0.5, 0.6) is 5.75 Å². The van der Waals surface area contributed by atoms with Crippen molar-refractivity contribution in [2.75, 3.05) is 24.4 Å². The summed E-state index contributed by atoms with van der Waals surface area (Å²) in [7, 11) is 1.67. The van der Waals surface area contributed by atoms with E-state index in [0.29, 0.717) is 5.82 Å². The van der Waals surface area contributed by atoms with Crippen molar-refractivity contribution in [2.45, 2.75) is 6.42 Å². The quantitative estimate of drug-likeness (QED) is 0.546. The summed E-state index contributed by atoms with van der Waals surface area (Å²) in [4.78, 5) is 4.28. The zero-order valence-corrected chi connectivity index (χ0v) is 10.9. The summed E-state index contributed by atoms with van der Waals surface area (Å²) in [6.45, 7) is 0.813. The molecule has 1 aromatic heterocycles. The number of hydrogen-bond donors (Lipinski definition) is 3. The van der Waals surface area contributed by atoms with Gasteiger partial charge in [-0.15, -0.1) is 0 Å². The topological polar surface area (TPSA) is 72.2 Å². The molecule has 1 aromatic carbocycles. The molecule has 0 aliphatic heterocycles. The highest BCUT2D eigenvalue weighted by atomic mass is 16.5. The third kappa shape index (κ3) is 3.86. The SMILES string of the molecule is COc1ccc(CCNc2cccc(NN)n2)cc1. The molecule has 4 N–H and O–H groups in total. The normalized spacial score (nSPS) is 10.0. The van der Waals surface area contributed by atoms with E-state index >= 15 is 0 Å². The van der Waals surface area contributed by atoms with Crippen LogP contribution in [0.4, 0.5) is 11.6 Å². The Morgan fingerprint density at radius 3 is 2.53 bits per heavy atom. The lowest BCUT2D eigenvalue weighted by atomic mass is 10.1. The first-order valence-corrected chi connectivity index (χ1v) is 6.12. The van der Waals surface area contributed by atoms with Gasteiger partial charge in [0.2, 0.25) is 0 Å². The van der Waals surface area contributed by atoms with Gasteiger partial charge in [0.15, 0.2) is 0 Å². The highest BCUT2D eigenvalue weighted by Gasteiger charge is 1.97. The summed E-state index contributed by atoms with van der Waals surface area (Å²) in [6.07, 6.45) is 0.923. The maximum atomic E-state index is 5.31. The lowest BCUT2D eigenvalue weighted by Gasteiger charge is -2.07. The number of nitrogen functional groups attached to an aromatic ring is 1. The van der Waals surface area contributed by atoms with Crippen molar-refractivity contribution in [1.29, 1.82) is 0 Å². The Morgan fingerprint density at radius 2 is 1.84 bits per heavy atom. The molecule has 0 amide bonds. The van der Waals surface area contributed by atoms with Crippen molar-refractivity contribution in [2.24, 2.45) is 5.84 Å². The second-order valence-electron chi connectivity index (χ2n) is 4.08. The zero-order chi connectivity index (χ0) is 13.5. The first-order valence-electron chi connectivity index (χ1n) is 6.12. The van der Waals surface area contributed by atoms with Crippen molar-refractivity contribution >= 4 is 11.6 Å². The number of pyridine rings is 1. The molecular formula is C14H18N4O. The van der Waals surface area contributed by atoms with Crippen LogP contribution >= 0.6 is 0 Å². The molecule has 0 fully saturated rings. The second kappa shape index (κ2) is 6.61. The molecule has 0 atom stereocenters. The maximum Gasteiger partial charge on any atom is 0.142 e. The summed E-state index contributed by atoms with van der Waals surface area (Å²) in [5, 5.41) is 3.26. The van der Waals surface area contributed by atoms with Gasteiger partial charge in [-0.1, -0.05) is 18.2 Å². The number of hydrazine groups is 1. The number of aromatic nitrogens is 1. The van der Waals surface area contributed by atoms with Crippen molar-refractivity contribution in [3.8, 4) is 5.75 Å². The minimum atomic E-state index is 0.648. The van der Waals surface area contributed by atoms with Crippen molar-refractivity contribution < 1.29 is 4.74 Å². The molecule has 2 rings (SSSR count). The number of anilines is 2. The molecular weight excluding hydrogens is 240 g/mol. The number of nitrogens with two attached hydrogens (primary N) is 1. The monoisotopic (exact) mass is 258 g/mol. The van der Waals surface area contributed by atoms with Gasteiger partial charge in [0.05, 0.1) is 7.11 Å². The molecule has 1 heterocycles. The van der Waals surface area contributed by atoms with Crippen molar-refractivity contribution in [3.63, 3.8) is 0 Å². The minimum absolute atomic E-state index is 0.648. The van der Waals surface area contributed by atoms with Gasteiger partial charge < -0.3 is 15.5 Å². The molecule has 100 valence electrons. The van der Waals surface area contributed by atoms with Gasteiger partial charge in [-0.25, -0.2) is 10.8 Å². The molecule has 5 heteroatoms. The number of nitrogens with one attached hydrogen (secondary N) is 2. The summed E-state index contributed by atoms with van der Waals surface area (Å²) < 4.78 is 5.12.